The first-order valence-electron chi connectivity index (χ1n) is 6.89. The molecule has 19 heavy (non-hydrogen) atoms. The van der Waals surface area contributed by atoms with E-state index in [4.69, 9.17) is 4.74 Å². The van der Waals surface area contributed by atoms with Crippen molar-refractivity contribution in [1.29, 1.82) is 0 Å². The number of nitrogens with zero attached hydrogens (tertiary/aromatic N) is 3. The largest absolute Gasteiger partial charge is 0.378 e. The smallest absolute Gasteiger partial charge is 0.227 e. The van der Waals surface area contributed by atoms with Crippen molar-refractivity contribution < 1.29 is 4.74 Å². The molecule has 1 aromatic heterocycles. The average molecular weight is 329 g/mol. The van der Waals surface area contributed by atoms with Crippen LogP contribution in [0.5, 0.6) is 0 Å². The summed E-state index contributed by atoms with van der Waals surface area (Å²) >= 11 is 3.60. The van der Waals surface area contributed by atoms with Gasteiger partial charge in [0.25, 0.3) is 0 Å². The van der Waals surface area contributed by atoms with Gasteiger partial charge in [0.2, 0.25) is 5.95 Å². The van der Waals surface area contributed by atoms with Crippen molar-refractivity contribution in [2.75, 3.05) is 43.1 Å². The van der Waals surface area contributed by atoms with Gasteiger partial charge in [-0.15, -0.1) is 0 Å². The fourth-order valence-electron chi connectivity index (χ4n) is 1.98. The highest BCUT2D eigenvalue weighted by atomic mass is 79.9. The molecule has 0 amide bonds. The van der Waals surface area contributed by atoms with Crippen molar-refractivity contribution in [2.45, 2.75) is 26.7 Å². The second kappa shape index (κ2) is 7.05. The molecular weight excluding hydrogens is 308 g/mol. The van der Waals surface area contributed by atoms with Gasteiger partial charge in [-0.2, -0.15) is 4.98 Å². The number of rotatable bonds is 5. The predicted octanol–water partition coefficient (Wildman–Crippen LogP) is 2.46. The highest BCUT2D eigenvalue weighted by molar-refractivity contribution is 9.10. The van der Waals surface area contributed by atoms with E-state index < -0.39 is 0 Å². The zero-order valence-corrected chi connectivity index (χ0v) is 13.2. The van der Waals surface area contributed by atoms with Crippen LogP contribution < -0.4 is 10.2 Å². The molecule has 1 N–H and O–H groups in total. The molecule has 1 aromatic rings. The number of anilines is 2. The maximum absolute atomic E-state index is 5.37. The predicted molar refractivity (Wildman–Crippen MR) is 80.9 cm³/mol. The van der Waals surface area contributed by atoms with Crippen LogP contribution >= 0.6 is 15.9 Å². The Hall–Kier alpha value is -0.880. The van der Waals surface area contributed by atoms with Crippen molar-refractivity contribution in [3.8, 4) is 0 Å². The minimum atomic E-state index is 0.749. The van der Waals surface area contributed by atoms with E-state index in [1.165, 1.54) is 0 Å². The number of morpholine rings is 1. The Morgan fingerprint density at radius 1 is 1.26 bits per heavy atom. The molecule has 0 aliphatic carbocycles. The van der Waals surface area contributed by atoms with Gasteiger partial charge in [-0.25, -0.2) is 4.98 Å². The van der Waals surface area contributed by atoms with Crippen LogP contribution in [-0.4, -0.2) is 42.8 Å². The lowest BCUT2D eigenvalue weighted by atomic mass is 10.3. The van der Waals surface area contributed by atoms with Crippen molar-refractivity contribution >= 4 is 27.7 Å². The van der Waals surface area contributed by atoms with Crippen molar-refractivity contribution in [2.24, 2.45) is 0 Å². The van der Waals surface area contributed by atoms with E-state index in [1.807, 2.05) is 0 Å². The number of aromatic nitrogens is 2. The van der Waals surface area contributed by atoms with Crippen LogP contribution in [0, 0.1) is 0 Å². The van der Waals surface area contributed by atoms with Crippen molar-refractivity contribution in [1.82, 2.24) is 9.97 Å². The fourth-order valence-corrected chi connectivity index (χ4v) is 2.58. The van der Waals surface area contributed by atoms with Crippen LogP contribution in [0.15, 0.2) is 4.47 Å². The number of hydrogen-bond acceptors (Lipinski definition) is 5. The van der Waals surface area contributed by atoms with E-state index in [0.717, 1.165) is 67.6 Å². The molecule has 1 aliphatic rings. The minimum absolute atomic E-state index is 0.749. The summed E-state index contributed by atoms with van der Waals surface area (Å²) in [5, 5.41) is 3.36. The highest BCUT2D eigenvalue weighted by Gasteiger charge is 2.17. The van der Waals surface area contributed by atoms with Gasteiger partial charge in [0.1, 0.15) is 5.82 Å². The molecule has 6 heteroatoms. The van der Waals surface area contributed by atoms with Gasteiger partial charge in [0.05, 0.1) is 23.4 Å². The van der Waals surface area contributed by atoms with Crippen LogP contribution in [0.3, 0.4) is 0 Å². The normalized spacial score (nSPS) is 15.6. The Morgan fingerprint density at radius 2 is 2.00 bits per heavy atom. The summed E-state index contributed by atoms with van der Waals surface area (Å²) in [7, 11) is 0. The topological polar surface area (TPSA) is 50.3 Å². The van der Waals surface area contributed by atoms with E-state index in [0.29, 0.717) is 0 Å². The summed E-state index contributed by atoms with van der Waals surface area (Å²) in [6.45, 7) is 8.39. The average Bonchev–Trinajstić information content (AvgIpc) is 2.47. The fraction of sp³-hybridized carbons (Fsp3) is 0.692. The van der Waals surface area contributed by atoms with E-state index in [9.17, 15) is 0 Å². The molecule has 1 fully saturated rings. The molecular formula is C13H21BrN4O. The lowest BCUT2D eigenvalue weighted by Crippen LogP contribution is -2.37. The standard InChI is InChI=1S/C13H21BrN4O/c1-3-5-15-12-11(14)10(4-2)16-13(17-12)18-6-8-19-9-7-18/h3-9H2,1-2H3,(H,15,16,17). The van der Waals surface area contributed by atoms with Gasteiger partial charge in [-0.1, -0.05) is 13.8 Å². The molecule has 1 saturated heterocycles. The summed E-state index contributed by atoms with van der Waals surface area (Å²) in [6.07, 6.45) is 1.96. The molecule has 106 valence electrons. The Morgan fingerprint density at radius 3 is 2.63 bits per heavy atom. The van der Waals surface area contributed by atoms with Gasteiger partial charge < -0.3 is 15.0 Å². The van der Waals surface area contributed by atoms with Gasteiger partial charge in [0, 0.05) is 19.6 Å². The SMILES string of the molecule is CCCNc1nc(N2CCOCC2)nc(CC)c1Br. The van der Waals surface area contributed by atoms with Crippen LogP contribution in [0.1, 0.15) is 26.0 Å². The minimum Gasteiger partial charge on any atom is -0.378 e. The Balaban J connectivity index is 2.26. The van der Waals surface area contributed by atoms with E-state index in [1.54, 1.807) is 0 Å². The Bertz CT molecular complexity index is 421. The third-order valence-electron chi connectivity index (χ3n) is 3.08. The molecule has 0 bridgehead atoms. The molecule has 0 radical (unpaired) electrons. The molecule has 1 aliphatic heterocycles. The molecule has 0 atom stereocenters. The molecule has 2 rings (SSSR count). The molecule has 0 unspecified atom stereocenters. The lowest BCUT2D eigenvalue weighted by molar-refractivity contribution is 0.122. The lowest BCUT2D eigenvalue weighted by Gasteiger charge is -2.27. The quantitative estimate of drug-likeness (QED) is 0.899. The maximum Gasteiger partial charge on any atom is 0.227 e. The van der Waals surface area contributed by atoms with E-state index in [-0.39, 0.29) is 0 Å². The summed E-state index contributed by atoms with van der Waals surface area (Å²) in [6, 6.07) is 0. The second-order valence-electron chi connectivity index (χ2n) is 4.51. The summed E-state index contributed by atoms with van der Waals surface area (Å²) in [5.74, 6) is 1.71. The first-order chi connectivity index (χ1) is 9.26. The third kappa shape index (κ3) is 3.57. The number of ether oxygens (including phenoxy) is 1. The monoisotopic (exact) mass is 328 g/mol. The van der Waals surface area contributed by atoms with Gasteiger partial charge in [-0.05, 0) is 28.8 Å². The summed E-state index contributed by atoms with van der Waals surface area (Å²) in [5.41, 5.74) is 1.05. The molecule has 2 heterocycles. The summed E-state index contributed by atoms with van der Waals surface area (Å²) < 4.78 is 6.36. The van der Waals surface area contributed by atoms with Gasteiger partial charge in [0.15, 0.2) is 0 Å². The van der Waals surface area contributed by atoms with E-state index in [2.05, 4.69) is 50.0 Å². The van der Waals surface area contributed by atoms with Gasteiger partial charge in [-0.3, -0.25) is 0 Å². The van der Waals surface area contributed by atoms with E-state index >= 15 is 0 Å². The zero-order chi connectivity index (χ0) is 13.7. The molecule has 0 spiro atoms. The first-order valence-corrected chi connectivity index (χ1v) is 7.68. The third-order valence-corrected chi connectivity index (χ3v) is 3.91. The Labute approximate surface area is 122 Å². The van der Waals surface area contributed by atoms with Crippen LogP contribution in [-0.2, 0) is 11.2 Å². The van der Waals surface area contributed by atoms with Gasteiger partial charge >= 0.3 is 0 Å². The second-order valence-corrected chi connectivity index (χ2v) is 5.31. The summed E-state index contributed by atoms with van der Waals surface area (Å²) in [4.78, 5) is 11.5. The zero-order valence-electron chi connectivity index (χ0n) is 11.6. The Kier molecular flexibility index (Phi) is 5.39. The number of aryl methyl sites for hydroxylation is 1. The molecule has 0 saturated carbocycles. The van der Waals surface area contributed by atoms with Crippen LogP contribution in [0.2, 0.25) is 0 Å². The highest BCUT2D eigenvalue weighted by Crippen LogP contribution is 2.27. The van der Waals surface area contributed by atoms with Crippen molar-refractivity contribution in [3.05, 3.63) is 10.2 Å². The maximum atomic E-state index is 5.37. The number of hydrogen-bond donors (Lipinski definition) is 1. The van der Waals surface area contributed by atoms with Crippen LogP contribution in [0.25, 0.3) is 0 Å². The molecule has 5 nitrogen and oxygen atoms in total. The first kappa shape index (κ1) is 14.5. The number of nitrogens with one attached hydrogen (secondary N) is 1. The van der Waals surface area contributed by atoms with Crippen LogP contribution in [0.4, 0.5) is 11.8 Å². The number of halogens is 1. The van der Waals surface area contributed by atoms with Crippen molar-refractivity contribution in [3.63, 3.8) is 0 Å². The molecule has 0 aromatic carbocycles.